The summed E-state index contributed by atoms with van der Waals surface area (Å²) in [6.07, 6.45) is 0.487. The van der Waals surface area contributed by atoms with Gasteiger partial charge in [0.1, 0.15) is 0 Å². The highest BCUT2D eigenvalue weighted by Crippen LogP contribution is 2.28. The molecular weight excluding hydrogens is 362 g/mol. The van der Waals surface area contributed by atoms with Gasteiger partial charge in [-0.25, -0.2) is 8.42 Å². The number of amides is 1. The number of benzene rings is 1. The molecule has 134 valence electrons. The van der Waals surface area contributed by atoms with Crippen LogP contribution in [0.1, 0.15) is 13.3 Å². The molecule has 1 aliphatic heterocycles. The molecule has 0 aliphatic carbocycles. The fraction of sp³-hybridized carbons (Fsp3) is 0.438. The summed E-state index contributed by atoms with van der Waals surface area (Å²) in [4.78, 5) is 14.1. The van der Waals surface area contributed by atoms with Crippen LogP contribution in [0.4, 0.5) is 0 Å². The molecule has 0 spiro atoms. The van der Waals surface area contributed by atoms with E-state index in [0.29, 0.717) is 17.5 Å². The minimum Gasteiger partial charge on any atom is -0.411 e. The maximum absolute atomic E-state index is 12.5. The van der Waals surface area contributed by atoms with E-state index in [1.165, 1.54) is 16.7 Å². The summed E-state index contributed by atoms with van der Waals surface area (Å²) in [5.41, 5.74) is 0.814. The molecule has 1 amide bonds. The first-order valence-electron chi connectivity index (χ1n) is 7.88. The van der Waals surface area contributed by atoms with Gasteiger partial charge < -0.3 is 9.32 Å². The quantitative estimate of drug-likeness (QED) is 0.730. The maximum atomic E-state index is 12.5. The average Bonchev–Trinajstić information content (AvgIpc) is 3.20. The van der Waals surface area contributed by atoms with Gasteiger partial charge in [-0.15, -0.1) is 10.2 Å². The van der Waals surface area contributed by atoms with Crippen molar-refractivity contribution in [2.45, 2.75) is 29.9 Å². The number of hydrogen-bond acceptors (Lipinski definition) is 7. The molecule has 2 aromatic rings. The summed E-state index contributed by atoms with van der Waals surface area (Å²) in [5.74, 6) is 0.427. The number of carbonyl (C=O) groups excluding carboxylic acids is 1. The highest BCUT2D eigenvalue weighted by molar-refractivity contribution is 8.00. The largest absolute Gasteiger partial charge is 0.411 e. The summed E-state index contributed by atoms with van der Waals surface area (Å²) in [6.45, 7) is 1.75. The summed E-state index contributed by atoms with van der Waals surface area (Å²) in [7, 11) is -1.38. The van der Waals surface area contributed by atoms with Crippen LogP contribution in [0.3, 0.4) is 0 Å². The zero-order valence-corrected chi connectivity index (χ0v) is 15.6. The van der Waals surface area contributed by atoms with Gasteiger partial charge in [-0.1, -0.05) is 30.0 Å². The molecule has 1 fully saturated rings. The Morgan fingerprint density at radius 2 is 2.04 bits per heavy atom. The first-order valence-corrected chi connectivity index (χ1v) is 10.6. The Hall–Kier alpha value is -1.87. The number of rotatable bonds is 5. The lowest BCUT2D eigenvalue weighted by molar-refractivity contribution is -0.130. The van der Waals surface area contributed by atoms with Crippen molar-refractivity contribution < 1.29 is 17.6 Å². The molecule has 0 saturated carbocycles. The van der Waals surface area contributed by atoms with Crippen LogP contribution >= 0.6 is 11.8 Å². The van der Waals surface area contributed by atoms with Crippen molar-refractivity contribution in [1.29, 1.82) is 0 Å². The Kier molecular flexibility index (Phi) is 5.14. The van der Waals surface area contributed by atoms with E-state index in [0.717, 1.165) is 5.56 Å². The van der Waals surface area contributed by atoms with Crippen molar-refractivity contribution >= 4 is 27.5 Å². The molecule has 1 aromatic heterocycles. The van der Waals surface area contributed by atoms with Crippen LogP contribution < -0.4 is 0 Å². The molecule has 0 N–H and O–H groups in total. The molecule has 1 aromatic carbocycles. The Morgan fingerprint density at radius 1 is 1.32 bits per heavy atom. The second-order valence-electron chi connectivity index (χ2n) is 6.01. The molecule has 3 rings (SSSR count). The van der Waals surface area contributed by atoms with Crippen LogP contribution in [0, 0.1) is 0 Å². The summed E-state index contributed by atoms with van der Waals surface area (Å²) in [5, 5.41) is 7.84. The van der Waals surface area contributed by atoms with Crippen LogP contribution in [0.25, 0.3) is 11.5 Å². The standard InChI is InChI=1S/C16H19N3O4S2/c1-11(15(20)19(2)13-8-9-25(21,22)10-13)24-16-18-17-14(23-16)12-6-4-3-5-7-12/h3-7,11,13H,8-10H2,1-2H3/t11-,13+/m0/s1. The molecule has 0 radical (unpaired) electrons. The second-order valence-corrected chi connectivity index (χ2v) is 9.53. The van der Waals surface area contributed by atoms with Gasteiger partial charge in [0.05, 0.1) is 16.8 Å². The number of hydrogen-bond donors (Lipinski definition) is 0. The number of nitrogens with zero attached hydrogens (tertiary/aromatic N) is 3. The fourth-order valence-electron chi connectivity index (χ4n) is 2.70. The van der Waals surface area contributed by atoms with E-state index in [-0.39, 0.29) is 23.5 Å². The Morgan fingerprint density at radius 3 is 2.68 bits per heavy atom. The molecule has 9 heteroatoms. The molecule has 25 heavy (non-hydrogen) atoms. The first kappa shape index (κ1) is 17.9. The number of sulfone groups is 1. The van der Waals surface area contributed by atoms with Gasteiger partial charge in [0.2, 0.25) is 11.8 Å². The van der Waals surface area contributed by atoms with E-state index >= 15 is 0 Å². The number of thioether (sulfide) groups is 1. The molecule has 2 atom stereocenters. The number of aromatic nitrogens is 2. The van der Waals surface area contributed by atoms with E-state index in [1.807, 2.05) is 30.3 Å². The third-order valence-corrected chi connectivity index (χ3v) is 6.83. The second kappa shape index (κ2) is 7.17. The van der Waals surface area contributed by atoms with E-state index in [9.17, 15) is 13.2 Å². The van der Waals surface area contributed by atoms with Gasteiger partial charge in [0.25, 0.3) is 5.22 Å². The van der Waals surface area contributed by atoms with Crippen LogP contribution in [0.5, 0.6) is 0 Å². The van der Waals surface area contributed by atoms with Gasteiger partial charge in [-0.3, -0.25) is 4.79 Å². The van der Waals surface area contributed by atoms with Gasteiger partial charge in [-0.05, 0) is 25.5 Å². The van der Waals surface area contributed by atoms with E-state index in [4.69, 9.17) is 4.42 Å². The summed E-state index contributed by atoms with van der Waals surface area (Å²) in [6, 6.07) is 9.13. The van der Waals surface area contributed by atoms with Crippen molar-refractivity contribution in [3.05, 3.63) is 30.3 Å². The average molecular weight is 381 g/mol. The molecular formula is C16H19N3O4S2. The summed E-state index contributed by atoms with van der Waals surface area (Å²) >= 11 is 1.17. The normalized spacial score (nSPS) is 20.3. The molecule has 0 bridgehead atoms. The van der Waals surface area contributed by atoms with Crippen LogP contribution in [0.2, 0.25) is 0 Å². The topological polar surface area (TPSA) is 93.4 Å². The van der Waals surface area contributed by atoms with E-state index in [1.54, 1.807) is 14.0 Å². The molecule has 7 nitrogen and oxygen atoms in total. The van der Waals surface area contributed by atoms with Crippen molar-refractivity contribution in [1.82, 2.24) is 15.1 Å². The summed E-state index contributed by atoms with van der Waals surface area (Å²) < 4.78 is 28.8. The Balaban J connectivity index is 1.63. The third kappa shape index (κ3) is 4.21. The highest BCUT2D eigenvalue weighted by atomic mass is 32.2. The van der Waals surface area contributed by atoms with Crippen LogP contribution in [0.15, 0.2) is 40.0 Å². The minimum atomic E-state index is -3.03. The molecule has 2 heterocycles. The van der Waals surface area contributed by atoms with E-state index < -0.39 is 15.1 Å². The Bertz CT molecular complexity index is 851. The van der Waals surface area contributed by atoms with Gasteiger partial charge in [0, 0.05) is 18.7 Å². The molecule has 1 aliphatic rings. The monoisotopic (exact) mass is 381 g/mol. The number of carbonyl (C=O) groups is 1. The first-order chi connectivity index (χ1) is 11.9. The smallest absolute Gasteiger partial charge is 0.277 e. The third-order valence-electron chi connectivity index (χ3n) is 4.16. The van der Waals surface area contributed by atoms with Crippen LogP contribution in [-0.2, 0) is 14.6 Å². The minimum absolute atomic E-state index is 0.0331. The van der Waals surface area contributed by atoms with Crippen molar-refractivity contribution in [3.8, 4) is 11.5 Å². The Labute approximate surface area is 150 Å². The zero-order chi connectivity index (χ0) is 18.0. The van der Waals surface area contributed by atoms with Crippen LogP contribution in [-0.4, -0.2) is 59.3 Å². The van der Waals surface area contributed by atoms with Crippen molar-refractivity contribution in [2.75, 3.05) is 18.6 Å². The predicted molar refractivity (Wildman–Crippen MR) is 94.9 cm³/mol. The lowest BCUT2D eigenvalue weighted by Gasteiger charge is -2.25. The van der Waals surface area contributed by atoms with E-state index in [2.05, 4.69) is 10.2 Å². The van der Waals surface area contributed by atoms with Gasteiger partial charge >= 0.3 is 0 Å². The van der Waals surface area contributed by atoms with Crippen molar-refractivity contribution in [3.63, 3.8) is 0 Å². The zero-order valence-electron chi connectivity index (χ0n) is 14.0. The van der Waals surface area contributed by atoms with Gasteiger partial charge in [-0.2, -0.15) is 0 Å². The predicted octanol–water partition coefficient (Wildman–Crippen LogP) is 1.86. The lowest BCUT2D eigenvalue weighted by atomic mass is 10.2. The molecule has 0 unspecified atom stereocenters. The van der Waals surface area contributed by atoms with Crippen molar-refractivity contribution in [2.24, 2.45) is 0 Å². The lowest BCUT2D eigenvalue weighted by Crippen LogP contribution is -2.41. The van der Waals surface area contributed by atoms with Gasteiger partial charge in [0.15, 0.2) is 9.84 Å². The fourth-order valence-corrected chi connectivity index (χ4v) is 5.26. The molecule has 1 saturated heterocycles. The highest BCUT2D eigenvalue weighted by Gasteiger charge is 2.34. The SMILES string of the molecule is C[C@H](Sc1nnc(-c2ccccc2)o1)C(=O)N(C)[C@@H]1CCS(=O)(=O)C1. The maximum Gasteiger partial charge on any atom is 0.277 e.